The Kier molecular flexibility index (Phi) is 6.36. The number of carbonyl (C=O) groups is 1. The summed E-state index contributed by atoms with van der Waals surface area (Å²) in [6, 6.07) is 17.2. The van der Waals surface area contributed by atoms with Gasteiger partial charge in [-0.15, -0.1) is 0 Å². The molecule has 27 heavy (non-hydrogen) atoms. The van der Waals surface area contributed by atoms with Crippen molar-refractivity contribution in [1.82, 2.24) is 5.32 Å². The van der Waals surface area contributed by atoms with Gasteiger partial charge in [0.15, 0.2) is 11.5 Å². The molecule has 0 aliphatic rings. The molecule has 1 amide bonds. The van der Waals surface area contributed by atoms with E-state index < -0.39 is 0 Å². The quantitative estimate of drug-likeness (QED) is 0.548. The molecule has 0 saturated carbocycles. The van der Waals surface area contributed by atoms with Gasteiger partial charge < -0.3 is 19.2 Å². The van der Waals surface area contributed by atoms with Crippen LogP contribution in [-0.2, 0) is 4.79 Å². The molecular weight excluding hydrogens is 342 g/mol. The first-order chi connectivity index (χ1) is 13.2. The number of nitrogens with one attached hydrogen (secondary N) is 1. The van der Waals surface area contributed by atoms with E-state index in [1.807, 2.05) is 68.4 Å². The minimum Gasteiger partial charge on any atom is -0.490 e. The number of hydrogen-bond acceptors (Lipinski definition) is 4. The number of hydrogen-bond donors (Lipinski definition) is 1. The summed E-state index contributed by atoms with van der Waals surface area (Å²) >= 11 is 0. The Morgan fingerprint density at radius 3 is 2.52 bits per heavy atom. The van der Waals surface area contributed by atoms with Crippen LogP contribution < -0.4 is 14.8 Å². The first-order valence-electron chi connectivity index (χ1n) is 9.30. The van der Waals surface area contributed by atoms with E-state index in [4.69, 9.17) is 13.9 Å². The first-order valence-corrected chi connectivity index (χ1v) is 9.30. The highest BCUT2D eigenvalue weighted by molar-refractivity contribution is 5.79. The topological polar surface area (TPSA) is 60.7 Å². The second kappa shape index (κ2) is 9.12. The number of benzene rings is 2. The molecule has 5 heteroatoms. The van der Waals surface area contributed by atoms with Crippen LogP contribution in [0.2, 0.25) is 0 Å². The smallest absolute Gasteiger partial charge is 0.220 e. The number of amides is 1. The third kappa shape index (κ3) is 5.03. The lowest BCUT2D eigenvalue weighted by Gasteiger charge is -2.13. The van der Waals surface area contributed by atoms with Gasteiger partial charge in [0.05, 0.1) is 19.3 Å². The molecule has 1 heterocycles. The van der Waals surface area contributed by atoms with Crippen molar-refractivity contribution in [2.24, 2.45) is 0 Å². The lowest BCUT2D eigenvalue weighted by molar-refractivity contribution is -0.122. The van der Waals surface area contributed by atoms with Gasteiger partial charge in [-0.2, -0.15) is 0 Å². The van der Waals surface area contributed by atoms with Crippen LogP contribution >= 0.6 is 0 Å². The van der Waals surface area contributed by atoms with Gasteiger partial charge in [0.1, 0.15) is 11.3 Å². The summed E-state index contributed by atoms with van der Waals surface area (Å²) in [4.78, 5) is 12.2. The van der Waals surface area contributed by atoms with Crippen molar-refractivity contribution in [2.75, 3.05) is 13.2 Å². The number of rotatable bonds is 9. The number of ether oxygens (including phenoxy) is 2. The largest absolute Gasteiger partial charge is 0.490 e. The molecule has 5 nitrogen and oxygen atoms in total. The Morgan fingerprint density at radius 2 is 1.78 bits per heavy atom. The van der Waals surface area contributed by atoms with E-state index in [0.29, 0.717) is 31.8 Å². The molecule has 1 atom stereocenters. The van der Waals surface area contributed by atoms with Gasteiger partial charge in [-0.3, -0.25) is 4.79 Å². The van der Waals surface area contributed by atoms with E-state index in [9.17, 15) is 4.79 Å². The SMILES string of the molecule is CCOc1ccccc1OCCCC(=O)N[C@@H](C)c1cc2ccccc2o1. The molecule has 2 aromatic carbocycles. The monoisotopic (exact) mass is 367 g/mol. The van der Waals surface area contributed by atoms with Gasteiger partial charge in [-0.05, 0) is 44.5 Å². The molecule has 3 rings (SSSR count). The van der Waals surface area contributed by atoms with Crippen LogP contribution in [0.4, 0.5) is 0 Å². The Morgan fingerprint density at radius 1 is 1.07 bits per heavy atom. The third-order valence-electron chi connectivity index (χ3n) is 4.20. The van der Waals surface area contributed by atoms with Crippen molar-refractivity contribution in [2.45, 2.75) is 32.7 Å². The van der Waals surface area contributed by atoms with Crippen molar-refractivity contribution >= 4 is 16.9 Å². The van der Waals surface area contributed by atoms with Crippen molar-refractivity contribution < 1.29 is 18.7 Å². The van der Waals surface area contributed by atoms with Crippen molar-refractivity contribution in [3.05, 3.63) is 60.4 Å². The number of carbonyl (C=O) groups excluding carboxylic acids is 1. The van der Waals surface area contributed by atoms with E-state index in [1.165, 1.54) is 0 Å². The highest BCUT2D eigenvalue weighted by atomic mass is 16.5. The van der Waals surface area contributed by atoms with Gasteiger partial charge in [0.25, 0.3) is 0 Å². The summed E-state index contributed by atoms with van der Waals surface area (Å²) in [7, 11) is 0. The lowest BCUT2D eigenvalue weighted by atomic mass is 10.2. The average Bonchev–Trinajstić information content (AvgIpc) is 3.11. The Balaban J connectivity index is 1.44. The summed E-state index contributed by atoms with van der Waals surface area (Å²) in [6.45, 7) is 4.90. The fourth-order valence-electron chi connectivity index (χ4n) is 2.86. The fraction of sp³-hybridized carbons (Fsp3) is 0.318. The third-order valence-corrected chi connectivity index (χ3v) is 4.20. The predicted octanol–water partition coefficient (Wildman–Crippen LogP) is 4.87. The lowest BCUT2D eigenvalue weighted by Crippen LogP contribution is -2.26. The Labute approximate surface area is 159 Å². The molecule has 0 aliphatic heterocycles. The van der Waals surface area contributed by atoms with Crippen LogP contribution in [0.1, 0.15) is 38.5 Å². The number of para-hydroxylation sites is 3. The first kappa shape index (κ1) is 18.8. The zero-order valence-corrected chi connectivity index (χ0v) is 15.7. The molecule has 1 N–H and O–H groups in total. The summed E-state index contributed by atoms with van der Waals surface area (Å²) in [6.07, 6.45) is 1.01. The van der Waals surface area contributed by atoms with Gasteiger partial charge in [-0.25, -0.2) is 0 Å². The summed E-state index contributed by atoms with van der Waals surface area (Å²) in [5.41, 5.74) is 0.829. The molecule has 0 saturated heterocycles. The Bertz CT molecular complexity index is 854. The Hall–Kier alpha value is -2.95. The van der Waals surface area contributed by atoms with Crippen molar-refractivity contribution in [3.8, 4) is 11.5 Å². The van der Waals surface area contributed by atoms with Gasteiger partial charge in [0.2, 0.25) is 5.91 Å². The second-order valence-electron chi connectivity index (χ2n) is 6.31. The minimum atomic E-state index is -0.176. The maximum Gasteiger partial charge on any atom is 0.220 e. The van der Waals surface area contributed by atoms with Crippen LogP contribution in [0.5, 0.6) is 11.5 Å². The van der Waals surface area contributed by atoms with Gasteiger partial charge in [0, 0.05) is 11.8 Å². The van der Waals surface area contributed by atoms with Crippen LogP contribution in [0, 0.1) is 0 Å². The molecule has 0 unspecified atom stereocenters. The minimum absolute atomic E-state index is 0.0235. The van der Waals surface area contributed by atoms with Crippen molar-refractivity contribution in [1.29, 1.82) is 0 Å². The fourth-order valence-corrected chi connectivity index (χ4v) is 2.86. The highest BCUT2D eigenvalue weighted by Crippen LogP contribution is 2.26. The second-order valence-corrected chi connectivity index (χ2v) is 6.31. The van der Waals surface area contributed by atoms with E-state index in [2.05, 4.69) is 5.32 Å². The molecule has 142 valence electrons. The van der Waals surface area contributed by atoms with Crippen LogP contribution in [-0.4, -0.2) is 19.1 Å². The van der Waals surface area contributed by atoms with E-state index in [1.54, 1.807) is 0 Å². The van der Waals surface area contributed by atoms with E-state index in [-0.39, 0.29) is 11.9 Å². The molecule has 1 aromatic heterocycles. The maximum absolute atomic E-state index is 12.2. The summed E-state index contributed by atoms with van der Waals surface area (Å²) < 4.78 is 17.1. The number of fused-ring (bicyclic) bond motifs is 1. The average molecular weight is 367 g/mol. The van der Waals surface area contributed by atoms with E-state index in [0.717, 1.165) is 22.5 Å². The molecule has 0 radical (unpaired) electrons. The molecule has 0 bridgehead atoms. The summed E-state index contributed by atoms with van der Waals surface area (Å²) in [5.74, 6) is 2.16. The van der Waals surface area contributed by atoms with E-state index >= 15 is 0 Å². The standard InChI is InChI=1S/C22H25NO4/c1-3-25-19-11-6-7-12-20(19)26-14-8-13-22(24)23-16(2)21-15-17-9-4-5-10-18(17)27-21/h4-7,9-12,15-16H,3,8,13-14H2,1-2H3,(H,23,24)/t16-/m0/s1. The normalized spacial score (nSPS) is 11.9. The van der Waals surface area contributed by atoms with Gasteiger partial charge in [-0.1, -0.05) is 30.3 Å². The van der Waals surface area contributed by atoms with Crippen LogP contribution in [0.3, 0.4) is 0 Å². The van der Waals surface area contributed by atoms with Crippen LogP contribution in [0.15, 0.2) is 59.0 Å². The van der Waals surface area contributed by atoms with Crippen LogP contribution in [0.25, 0.3) is 11.0 Å². The predicted molar refractivity (Wildman–Crippen MR) is 105 cm³/mol. The molecular formula is C22H25NO4. The van der Waals surface area contributed by atoms with Gasteiger partial charge >= 0.3 is 0 Å². The zero-order valence-electron chi connectivity index (χ0n) is 15.7. The number of furan rings is 1. The highest BCUT2D eigenvalue weighted by Gasteiger charge is 2.14. The summed E-state index contributed by atoms with van der Waals surface area (Å²) in [5, 5.41) is 4.01. The molecule has 3 aromatic rings. The zero-order chi connectivity index (χ0) is 19.1. The molecule has 0 fully saturated rings. The maximum atomic E-state index is 12.2. The molecule has 0 aliphatic carbocycles. The molecule has 0 spiro atoms. The van der Waals surface area contributed by atoms with Crippen molar-refractivity contribution in [3.63, 3.8) is 0 Å².